The van der Waals surface area contributed by atoms with Gasteiger partial charge in [-0.2, -0.15) is 0 Å². The molecule has 0 spiro atoms. The van der Waals surface area contributed by atoms with Crippen LogP contribution in [-0.2, 0) is 0 Å². The Morgan fingerprint density at radius 1 is 0.771 bits per heavy atom. The molecular weight excluding hydrogens is 464 g/mol. The zero-order valence-corrected chi connectivity index (χ0v) is 18.5. The topological polar surface area (TPSA) is 157 Å². The van der Waals surface area contributed by atoms with Crippen LogP contribution < -0.4 is 18.9 Å². The normalized spacial score (nSPS) is 10.2. The van der Waals surface area contributed by atoms with E-state index in [2.05, 4.69) is 0 Å². The van der Waals surface area contributed by atoms with Gasteiger partial charge in [0.05, 0.1) is 29.6 Å². The SMILES string of the molecule is CCOc1cc(OC(=O)c2ccc(OC)cc2[N+](=O)[O-])ccc1C(=O)Oc1ccc([N+](=O)[O-])cc1. The Hall–Kier alpha value is -5.00. The second-order valence-electron chi connectivity index (χ2n) is 6.76. The number of nitro benzene ring substituents is 2. The number of hydrogen-bond donors (Lipinski definition) is 0. The molecule has 0 bridgehead atoms. The summed E-state index contributed by atoms with van der Waals surface area (Å²) < 4.78 is 20.9. The van der Waals surface area contributed by atoms with Crippen molar-refractivity contribution in [1.82, 2.24) is 0 Å². The number of hydrogen-bond acceptors (Lipinski definition) is 10. The minimum absolute atomic E-state index is 0.000398. The molecule has 0 aromatic heterocycles. The van der Waals surface area contributed by atoms with E-state index in [9.17, 15) is 29.8 Å². The number of rotatable bonds is 9. The maximum absolute atomic E-state index is 12.6. The van der Waals surface area contributed by atoms with Gasteiger partial charge in [-0.05, 0) is 43.3 Å². The van der Waals surface area contributed by atoms with Crippen LogP contribution in [0.2, 0.25) is 0 Å². The molecule has 0 aliphatic rings. The predicted octanol–water partition coefficient (Wildman–Crippen LogP) is 4.35. The number of nitro groups is 2. The molecule has 0 radical (unpaired) electrons. The lowest BCUT2D eigenvalue weighted by Crippen LogP contribution is -2.13. The van der Waals surface area contributed by atoms with E-state index in [0.29, 0.717) is 0 Å². The molecule has 3 aromatic rings. The smallest absolute Gasteiger partial charge is 0.350 e. The summed E-state index contributed by atoms with van der Waals surface area (Å²) in [5.41, 5.74) is -0.957. The zero-order valence-electron chi connectivity index (χ0n) is 18.5. The first kappa shape index (κ1) is 24.6. The van der Waals surface area contributed by atoms with Crippen molar-refractivity contribution in [3.8, 4) is 23.0 Å². The van der Waals surface area contributed by atoms with Gasteiger partial charge in [0.2, 0.25) is 0 Å². The molecule has 0 fully saturated rings. The summed E-state index contributed by atoms with van der Waals surface area (Å²) in [5, 5.41) is 22.1. The fourth-order valence-electron chi connectivity index (χ4n) is 2.93. The molecule has 3 rings (SSSR count). The van der Waals surface area contributed by atoms with Crippen LogP contribution in [0, 0.1) is 20.2 Å². The first-order chi connectivity index (χ1) is 16.7. The van der Waals surface area contributed by atoms with Gasteiger partial charge in [-0.25, -0.2) is 9.59 Å². The summed E-state index contributed by atoms with van der Waals surface area (Å²) in [5.74, 6) is -1.54. The lowest BCUT2D eigenvalue weighted by atomic mass is 10.1. The van der Waals surface area contributed by atoms with Crippen molar-refractivity contribution in [2.75, 3.05) is 13.7 Å². The molecule has 3 aromatic carbocycles. The number of ether oxygens (including phenoxy) is 4. The van der Waals surface area contributed by atoms with Gasteiger partial charge >= 0.3 is 11.9 Å². The highest BCUT2D eigenvalue weighted by Gasteiger charge is 2.24. The van der Waals surface area contributed by atoms with Crippen LogP contribution in [0.25, 0.3) is 0 Å². The fourth-order valence-corrected chi connectivity index (χ4v) is 2.93. The number of nitrogens with zero attached hydrogens (tertiary/aromatic N) is 2. The Balaban J connectivity index is 1.82. The first-order valence-electron chi connectivity index (χ1n) is 10.0. The van der Waals surface area contributed by atoms with Crippen molar-refractivity contribution in [2.24, 2.45) is 0 Å². The standard InChI is InChI=1S/C23H18N2O10/c1-3-33-21-13-17(35-22(26)18-10-8-16(32-2)12-20(18)25(30)31)9-11-19(21)23(27)34-15-6-4-14(5-7-15)24(28)29/h4-13H,3H2,1-2H3. The van der Waals surface area contributed by atoms with Gasteiger partial charge in [-0.3, -0.25) is 20.2 Å². The van der Waals surface area contributed by atoms with Crippen molar-refractivity contribution in [3.05, 3.63) is 92.0 Å². The number of carbonyl (C=O) groups excluding carboxylic acids is 2. The Morgan fingerprint density at radius 3 is 1.94 bits per heavy atom. The van der Waals surface area contributed by atoms with Crippen LogP contribution in [0.3, 0.4) is 0 Å². The quantitative estimate of drug-likeness (QED) is 0.186. The van der Waals surface area contributed by atoms with Gasteiger partial charge < -0.3 is 18.9 Å². The average molecular weight is 482 g/mol. The van der Waals surface area contributed by atoms with Crippen LogP contribution in [0.1, 0.15) is 27.6 Å². The summed E-state index contributed by atoms with van der Waals surface area (Å²) in [7, 11) is 1.33. The van der Waals surface area contributed by atoms with Crippen molar-refractivity contribution in [1.29, 1.82) is 0 Å². The van der Waals surface area contributed by atoms with E-state index in [1.54, 1.807) is 6.92 Å². The molecular formula is C23H18N2O10. The molecule has 0 unspecified atom stereocenters. The Bertz CT molecular complexity index is 1290. The van der Waals surface area contributed by atoms with Crippen molar-refractivity contribution in [2.45, 2.75) is 6.92 Å². The van der Waals surface area contributed by atoms with E-state index in [1.165, 1.54) is 61.7 Å². The summed E-state index contributed by atoms with van der Waals surface area (Å²) in [6, 6.07) is 12.5. The Kier molecular flexibility index (Phi) is 7.56. The van der Waals surface area contributed by atoms with Gasteiger partial charge in [0.1, 0.15) is 34.1 Å². The number of esters is 2. The molecule has 12 heteroatoms. The number of benzene rings is 3. The first-order valence-corrected chi connectivity index (χ1v) is 10.0. The van der Waals surface area contributed by atoms with E-state index >= 15 is 0 Å². The third-order valence-electron chi connectivity index (χ3n) is 4.56. The lowest BCUT2D eigenvalue weighted by molar-refractivity contribution is -0.385. The van der Waals surface area contributed by atoms with Crippen LogP contribution in [-0.4, -0.2) is 35.5 Å². The van der Waals surface area contributed by atoms with Gasteiger partial charge in [-0.1, -0.05) is 0 Å². The molecule has 0 aliphatic carbocycles. The second kappa shape index (κ2) is 10.7. The van der Waals surface area contributed by atoms with Gasteiger partial charge in [0.25, 0.3) is 11.4 Å². The summed E-state index contributed by atoms with van der Waals surface area (Å²) in [4.78, 5) is 46.0. The molecule has 0 heterocycles. The maximum atomic E-state index is 12.6. The van der Waals surface area contributed by atoms with Crippen LogP contribution in [0.5, 0.6) is 23.0 Å². The Labute approximate surface area is 197 Å². The zero-order chi connectivity index (χ0) is 25.5. The van der Waals surface area contributed by atoms with Crippen LogP contribution >= 0.6 is 0 Å². The molecule has 0 aliphatic heterocycles. The molecule has 12 nitrogen and oxygen atoms in total. The highest BCUT2D eigenvalue weighted by Crippen LogP contribution is 2.30. The molecule has 35 heavy (non-hydrogen) atoms. The van der Waals surface area contributed by atoms with Crippen molar-refractivity contribution < 1.29 is 38.4 Å². The predicted molar refractivity (Wildman–Crippen MR) is 120 cm³/mol. The second-order valence-corrected chi connectivity index (χ2v) is 6.76. The van der Waals surface area contributed by atoms with Crippen molar-refractivity contribution >= 4 is 23.3 Å². The van der Waals surface area contributed by atoms with E-state index in [0.717, 1.165) is 6.07 Å². The minimum atomic E-state index is -0.997. The van der Waals surface area contributed by atoms with Gasteiger partial charge in [0, 0.05) is 18.2 Å². The molecule has 0 N–H and O–H groups in total. The van der Waals surface area contributed by atoms with E-state index in [-0.39, 0.29) is 46.4 Å². The van der Waals surface area contributed by atoms with Gasteiger partial charge in [-0.15, -0.1) is 0 Å². The molecule has 0 atom stereocenters. The third-order valence-corrected chi connectivity index (χ3v) is 4.56. The summed E-state index contributed by atoms with van der Waals surface area (Å²) in [6.07, 6.45) is 0. The molecule has 0 saturated carbocycles. The number of carbonyl (C=O) groups is 2. The van der Waals surface area contributed by atoms with Crippen LogP contribution in [0.15, 0.2) is 60.7 Å². The van der Waals surface area contributed by atoms with E-state index < -0.39 is 27.5 Å². The largest absolute Gasteiger partial charge is 0.497 e. The maximum Gasteiger partial charge on any atom is 0.350 e. The Morgan fingerprint density at radius 2 is 1.34 bits per heavy atom. The fraction of sp³-hybridized carbons (Fsp3) is 0.130. The highest BCUT2D eigenvalue weighted by molar-refractivity contribution is 5.96. The number of non-ortho nitro benzene ring substituents is 1. The monoisotopic (exact) mass is 482 g/mol. The minimum Gasteiger partial charge on any atom is -0.497 e. The number of methoxy groups -OCH3 is 1. The van der Waals surface area contributed by atoms with E-state index in [1.807, 2.05) is 0 Å². The molecule has 0 amide bonds. The highest BCUT2D eigenvalue weighted by atomic mass is 16.6. The van der Waals surface area contributed by atoms with E-state index in [4.69, 9.17) is 18.9 Å². The lowest BCUT2D eigenvalue weighted by Gasteiger charge is -2.12. The third kappa shape index (κ3) is 5.87. The molecule has 180 valence electrons. The van der Waals surface area contributed by atoms with Crippen molar-refractivity contribution in [3.63, 3.8) is 0 Å². The van der Waals surface area contributed by atoms with Crippen LogP contribution in [0.4, 0.5) is 11.4 Å². The average Bonchev–Trinajstić information content (AvgIpc) is 2.84. The summed E-state index contributed by atoms with van der Waals surface area (Å²) >= 11 is 0. The van der Waals surface area contributed by atoms with Gasteiger partial charge in [0.15, 0.2) is 0 Å². The molecule has 0 saturated heterocycles. The summed E-state index contributed by atoms with van der Waals surface area (Å²) in [6.45, 7) is 1.84.